The molecule has 2 unspecified atom stereocenters. The number of nitrogens with zero attached hydrogens (tertiary/aromatic N) is 1. The number of anilines is 1. The summed E-state index contributed by atoms with van der Waals surface area (Å²) in [6.45, 7) is 10.1. The van der Waals surface area contributed by atoms with E-state index in [2.05, 4.69) is 56.1 Å². The summed E-state index contributed by atoms with van der Waals surface area (Å²) in [5.41, 5.74) is 3.57. The van der Waals surface area contributed by atoms with E-state index in [0.717, 1.165) is 23.9 Å². The summed E-state index contributed by atoms with van der Waals surface area (Å²) in [6.07, 6.45) is 0.449. The molecule has 104 valence electrons. The van der Waals surface area contributed by atoms with Crippen LogP contribution in [-0.4, -0.2) is 35.3 Å². The number of rotatable bonds is 1. The summed E-state index contributed by atoms with van der Waals surface area (Å²) in [7, 11) is 0. The molecule has 2 atom stereocenters. The fourth-order valence-electron chi connectivity index (χ4n) is 2.49. The van der Waals surface area contributed by atoms with Gasteiger partial charge in [-0.2, -0.15) is 0 Å². The Balaban J connectivity index is 2.04. The number of hydrogen-bond donors (Lipinski definition) is 1. The number of ether oxygens (including phenoxy) is 1. The van der Waals surface area contributed by atoms with Crippen molar-refractivity contribution in [1.82, 2.24) is 4.90 Å². The van der Waals surface area contributed by atoms with Crippen molar-refractivity contribution in [1.29, 1.82) is 0 Å². The normalized spacial score (nSPS) is 23.3. The minimum atomic E-state index is 0.225. The zero-order valence-corrected chi connectivity index (χ0v) is 12.9. The number of hydrogen-bond acceptors (Lipinski definition) is 2. The van der Waals surface area contributed by atoms with Crippen molar-refractivity contribution in [3.8, 4) is 0 Å². The molecule has 1 fully saturated rings. The first-order valence-electron chi connectivity index (χ1n) is 6.74. The maximum atomic E-state index is 5.73. The molecular formula is C15H22N2OS. The molecule has 19 heavy (non-hydrogen) atoms. The lowest BCUT2D eigenvalue weighted by molar-refractivity contribution is -0.0473. The zero-order chi connectivity index (χ0) is 14.0. The standard InChI is InChI=1S/C15H22N2OS/c1-10-5-6-14(11(2)7-10)16-15(19)17-8-12(3)18-13(4)9-17/h5-7,12-13H,8-9H2,1-4H3,(H,16,19). The van der Waals surface area contributed by atoms with E-state index in [1.807, 2.05) is 0 Å². The van der Waals surface area contributed by atoms with Crippen LogP contribution in [0.4, 0.5) is 5.69 Å². The molecule has 1 N–H and O–H groups in total. The maximum Gasteiger partial charge on any atom is 0.173 e. The van der Waals surface area contributed by atoms with Gasteiger partial charge in [0.05, 0.1) is 12.2 Å². The second-order valence-corrected chi connectivity index (χ2v) is 5.80. The molecule has 1 heterocycles. The van der Waals surface area contributed by atoms with Crippen LogP contribution in [0.2, 0.25) is 0 Å². The summed E-state index contributed by atoms with van der Waals surface area (Å²) < 4.78 is 5.73. The maximum absolute atomic E-state index is 5.73. The molecule has 1 saturated heterocycles. The third-order valence-electron chi connectivity index (χ3n) is 3.33. The highest BCUT2D eigenvalue weighted by Crippen LogP contribution is 2.18. The Kier molecular flexibility index (Phi) is 4.42. The average Bonchev–Trinajstić information content (AvgIpc) is 2.31. The topological polar surface area (TPSA) is 24.5 Å². The van der Waals surface area contributed by atoms with E-state index in [-0.39, 0.29) is 12.2 Å². The van der Waals surface area contributed by atoms with E-state index in [1.165, 1.54) is 11.1 Å². The van der Waals surface area contributed by atoms with Gasteiger partial charge in [-0.05, 0) is 51.5 Å². The summed E-state index contributed by atoms with van der Waals surface area (Å²) in [5, 5.41) is 4.14. The molecule has 3 nitrogen and oxygen atoms in total. The Labute approximate surface area is 120 Å². The monoisotopic (exact) mass is 278 g/mol. The molecule has 0 radical (unpaired) electrons. The summed E-state index contributed by atoms with van der Waals surface area (Å²) in [4.78, 5) is 2.19. The van der Waals surface area contributed by atoms with Crippen LogP contribution in [0.5, 0.6) is 0 Å². The van der Waals surface area contributed by atoms with Crippen molar-refractivity contribution in [3.05, 3.63) is 29.3 Å². The van der Waals surface area contributed by atoms with Gasteiger partial charge in [0.15, 0.2) is 5.11 Å². The van der Waals surface area contributed by atoms with Crippen LogP contribution in [0.15, 0.2) is 18.2 Å². The third kappa shape index (κ3) is 3.67. The van der Waals surface area contributed by atoms with Crippen molar-refractivity contribution in [2.75, 3.05) is 18.4 Å². The fourth-order valence-corrected chi connectivity index (χ4v) is 2.75. The molecule has 0 bridgehead atoms. The van der Waals surface area contributed by atoms with Gasteiger partial charge in [0.1, 0.15) is 0 Å². The van der Waals surface area contributed by atoms with E-state index >= 15 is 0 Å². The second-order valence-electron chi connectivity index (χ2n) is 5.41. The highest BCUT2D eigenvalue weighted by Gasteiger charge is 2.24. The molecule has 1 aromatic carbocycles. The van der Waals surface area contributed by atoms with Gasteiger partial charge in [-0.1, -0.05) is 17.7 Å². The van der Waals surface area contributed by atoms with Crippen LogP contribution in [-0.2, 0) is 4.74 Å². The Morgan fingerprint density at radius 1 is 1.26 bits per heavy atom. The van der Waals surface area contributed by atoms with E-state index in [4.69, 9.17) is 17.0 Å². The van der Waals surface area contributed by atoms with Gasteiger partial charge in [0.25, 0.3) is 0 Å². The Morgan fingerprint density at radius 2 is 1.89 bits per heavy atom. The SMILES string of the molecule is Cc1ccc(NC(=S)N2CC(C)OC(C)C2)c(C)c1. The molecule has 0 spiro atoms. The number of morpholine rings is 1. The number of benzene rings is 1. The molecule has 4 heteroatoms. The van der Waals surface area contributed by atoms with Crippen LogP contribution in [0.3, 0.4) is 0 Å². The molecule has 1 aliphatic heterocycles. The van der Waals surface area contributed by atoms with Crippen LogP contribution >= 0.6 is 12.2 Å². The first-order chi connectivity index (χ1) is 8.95. The van der Waals surface area contributed by atoms with Crippen LogP contribution in [0.25, 0.3) is 0 Å². The lowest BCUT2D eigenvalue weighted by Gasteiger charge is -2.37. The van der Waals surface area contributed by atoms with Gasteiger partial charge in [0.2, 0.25) is 0 Å². The quantitative estimate of drug-likeness (QED) is 0.798. The second kappa shape index (κ2) is 5.88. The number of nitrogens with one attached hydrogen (secondary N) is 1. The predicted octanol–water partition coefficient (Wildman–Crippen LogP) is 3.11. The van der Waals surface area contributed by atoms with Crippen molar-refractivity contribution < 1.29 is 4.74 Å². The highest BCUT2D eigenvalue weighted by molar-refractivity contribution is 7.80. The molecule has 0 saturated carbocycles. The molecule has 2 rings (SSSR count). The van der Waals surface area contributed by atoms with Crippen LogP contribution in [0, 0.1) is 13.8 Å². The fraction of sp³-hybridized carbons (Fsp3) is 0.533. The van der Waals surface area contributed by atoms with Gasteiger partial charge >= 0.3 is 0 Å². The largest absolute Gasteiger partial charge is 0.372 e. The van der Waals surface area contributed by atoms with Crippen LogP contribution < -0.4 is 5.32 Å². The molecule has 1 aromatic rings. The molecule has 1 aliphatic rings. The van der Waals surface area contributed by atoms with E-state index in [1.54, 1.807) is 0 Å². The summed E-state index contributed by atoms with van der Waals surface area (Å²) in [6, 6.07) is 6.35. The lowest BCUT2D eigenvalue weighted by Crippen LogP contribution is -2.49. The van der Waals surface area contributed by atoms with Crippen molar-refractivity contribution >= 4 is 23.0 Å². The van der Waals surface area contributed by atoms with Gasteiger partial charge in [-0.25, -0.2) is 0 Å². The van der Waals surface area contributed by atoms with Gasteiger partial charge < -0.3 is 15.0 Å². The molecule has 0 aliphatic carbocycles. The molecular weight excluding hydrogens is 256 g/mol. The molecule has 0 amide bonds. The minimum Gasteiger partial charge on any atom is -0.372 e. The van der Waals surface area contributed by atoms with Gasteiger partial charge in [-0.3, -0.25) is 0 Å². The Morgan fingerprint density at radius 3 is 2.47 bits per heavy atom. The zero-order valence-electron chi connectivity index (χ0n) is 12.1. The average molecular weight is 278 g/mol. The third-order valence-corrected chi connectivity index (χ3v) is 3.69. The predicted molar refractivity (Wildman–Crippen MR) is 83.7 cm³/mol. The Bertz CT molecular complexity index is 465. The van der Waals surface area contributed by atoms with E-state index < -0.39 is 0 Å². The Hall–Kier alpha value is -1.13. The van der Waals surface area contributed by atoms with Gasteiger partial charge in [0, 0.05) is 18.8 Å². The van der Waals surface area contributed by atoms with Crippen molar-refractivity contribution in [2.24, 2.45) is 0 Å². The summed E-state index contributed by atoms with van der Waals surface area (Å²) >= 11 is 5.51. The smallest absolute Gasteiger partial charge is 0.173 e. The first-order valence-corrected chi connectivity index (χ1v) is 7.15. The first kappa shape index (κ1) is 14.3. The van der Waals surface area contributed by atoms with Crippen LogP contribution in [0.1, 0.15) is 25.0 Å². The van der Waals surface area contributed by atoms with Crippen molar-refractivity contribution in [3.63, 3.8) is 0 Å². The molecule has 0 aromatic heterocycles. The summed E-state index contributed by atoms with van der Waals surface area (Å²) in [5.74, 6) is 0. The van der Waals surface area contributed by atoms with E-state index in [9.17, 15) is 0 Å². The highest BCUT2D eigenvalue weighted by atomic mass is 32.1. The van der Waals surface area contributed by atoms with Gasteiger partial charge in [-0.15, -0.1) is 0 Å². The lowest BCUT2D eigenvalue weighted by atomic mass is 10.1. The van der Waals surface area contributed by atoms with Crippen molar-refractivity contribution in [2.45, 2.75) is 39.9 Å². The minimum absolute atomic E-state index is 0.225. The van der Waals surface area contributed by atoms with E-state index in [0.29, 0.717) is 0 Å². The number of thiocarbonyl (C=S) groups is 1. The number of aryl methyl sites for hydroxylation is 2.